The number of sulfonamides is 1. The Balaban J connectivity index is 1.77. The number of nitrogens with zero attached hydrogens (tertiary/aromatic N) is 5. The van der Waals surface area contributed by atoms with E-state index in [1.54, 1.807) is 30.9 Å². The first-order chi connectivity index (χ1) is 12.9. The van der Waals surface area contributed by atoms with Crippen molar-refractivity contribution in [3.05, 3.63) is 29.3 Å². The molecule has 0 spiro atoms. The van der Waals surface area contributed by atoms with Crippen LogP contribution in [0.3, 0.4) is 0 Å². The molecule has 27 heavy (non-hydrogen) atoms. The minimum atomic E-state index is -3.62. The summed E-state index contributed by atoms with van der Waals surface area (Å²) >= 11 is 0. The fourth-order valence-electron chi connectivity index (χ4n) is 3.45. The maximum atomic E-state index is 13.2. The first-order valence-electron chi connectivity index (χ1n) is 9.38. The molecule has 3 rings (SSSR count). The Labute approximate surface area is 160 Å². The van der Waals surface area contributed by atoms with E-state index < -0.39 is 10.0 Å². The van der Waals surface area contributed by atoms with Gasteiger partial charge in [-0.3, -0.25) is 4.68 Å². The fourth-order valence-corrected chi connectivity index (χ4v) is 5.33. The third-order valence-electron chi connectivity index (χ3n) is 4.92. The van der Waals surface area contributed by atoms with Crippen LogP contribution in [-0.4, -0.2) is 51.7 Å². The minimum Gasteiger partial charge on any atom is -0.459 e. The smallest absolute Gasteiger partial charge is 0.316 e. The van der Waals surface area contributed by atoms with Crippen LogP contribution >= 0.6 is 0 Å². The van der Waals surface area contributed by atoms with Crippen molar-refractivity contribution in [2.24, 2.45) is 0 Å². The van der Waals surface area contributed by atoms with Gasteiger partial charge in [-0.1, -0.05) is 6.92 Å². The van der Waals surface area contributed by atoms with Crippen molar-refractivity contribution in [1.29, 1.82) is 0 Å². The molecule has 0 radical (unpaired) electrons. The summed E-state index contributed by atoms with van der Waals surface area (Å²) in [7, 11) is -3.62. The fraction of sp³-hybridized carbons (Fsp3) is 0.611. The summed E-state index contributed by atoms with van der Waals surface area (Å²) in [6.45, 7) is 8.94. The SMILES string of the molecule is CCc1cnc(OC2CCCN(S(=O)(=O)c3c(C)nn(CC)c3C)C2)nc1. The Hall–Kier alpha value is -2.00. The maximum absolute atomic E-state index is 13.2. The molecule has 0 aliphatic carbocycles. The van der Waals surface area contributed by atoms with Crippen molar-refractivity contribution < 1.29 is 13.2 Å². The highest BCUT2D eigenvalue weighted by Crippen LogP contribution is 2.27. The van der Waals surface area contributed by atoms with Gasteiger partial charge in [-0.2, -0.15) is 9.40 Å². The van der Waals surface area contributed by atoms with Crippen molar-refractivity contribution in [2.75, 3.05) is 13.1 Å². The van der Waals surface area contributed by atoms with Gasteiger partial charge in [0.15, 0.2) is 0 Å². The van der Waals surface area contributed by atoms with Gasteiger partial charge in [0, 0.05) is 25.5 Å². The largest absolute Gasteiger partial charge is 0.459 e. The molecule has 1 aliphatic heterocycles. The van der Waals surface area contributed by atoms with Gasteiger partial charge in [0.1, 0.15) is 11.0 Å². The van der Waals surface area contributed by atoms with Crippen LogP contribution in [0.4, 0.5) is 0 Å². The molecule has 0 N–H and O–H groups in total. The first kappa shape index (κ1) is 19.8. The van der Waals surface area contributed by atoms with E-state index in [0.29, 0.717) is 35.4 Å². The average molecular weight is 394 g/mol. The molecular weight excluding hydrogens is 366 g/mol. The van der Waals surface area contributed by atoms with Crippen molar-refractivity contribution >= 4 is 10.0 Å². The van der Waals surface area contributed by atoms with E-state index >= 15 is 0 Å². The van der Waals surface area contributed by atoms with E-state index in [4.69, 9.17) is 4.74 Å². The molecule has 8 nitrogen and oxygen atoms in total. The summed E-state index contributed by atoms with van der Waals surface area (Å²) in [6, 6.07) is 0.294. The summed E-state index contributed by atoms with van der Waals surface area (Å²) in [5, 5.41) is 4.35. The molecule has 2 aromatic heterocycles. The Morgan fingerprint density at radius 2 is 1.93 bits per heavy atom. The van der Waals surface area contributed by atoms with Crippen LogP contribution in [0.5, 0.6) is 6.01 Å². The summed E-state index contributed by atoms with van der Waals surface area (Å²) in [5.74, 6) is 0. The molecule has 1 saturated heterocycles. The summed E-state index contributed by atoms with van der Waals surface area (Å²) in [4.78, 5) is 8.75. The van der Waals surface area contributed by atoms with Gasteiger partial charge >= 0.3 is 6.01 Å². The Morgan fingerprint density at radius 3 is 2.52 bits per heavy atom. The summed E-state index contributed by atoms with van der Waals surface area (Å²) in [5.41, 5.74) is 2.25. The van der Waals surface area contributed by atoms with E-state index in [-0.39, 0.29) is 12.6 Å². The van der Waals surface area contributed by atoms with E-state index in [1.807, 2.05) is 13.8 Å². The zero-order chi connectivity index (χ0) is 19.6. The third-order valence-corrected chi connectivity index (χ3v) is 7.03. The monoisotopic (exact) mass is 393 g/mol. The standard InChI is InChI=1S/C18H27N5O3S/c1-5-15-10-19-18(20-11-15)26-16-8-7-9-22(12-16)27(24,25)17-13(3)21-23(6-2)14(17)4/h10-11,16H,5-9,12H2,1-4H3. The van der Waals surface area contributed by atoms with Crippen LogP contribution in [0.15, 0.2) is 17.3 Å². The normalized spacial score (nSPS) is 18.6. The van der Waals surface area contributed by atoms with Gasteiger partial charge in [0.25, 0.3) is 0 Å². The van der Waals surface area contributed by atoms with Crippen LogP contribution in [0.1, 0.15) is 43.6 Å². The minimum absolute atomic E-state index is 0.261. The van der Waals surface area contributed by atoms with Crippen LogP contribution in [-0.2, 0) is 23.0 Å². The van der Waals surface area contributed by atoms with Crippen LogP contribution in [0.2, 0.25) is 0 Å². The van der Waals surface area contributed by atoms with E-state index in [9.17, 15) is 8.42 Å². The van der Waals surface area contributed by atoms with Gasteiger partial charge < -0.3 is 4.74 Å². The predicted molar refractivity (Wildman–Crippen MR) is 101 cm³/mol. The molecule has 1 aliphatic rings. The van der Waals surface area contributed by atoms with Crippen molar-refractivity contribution in [2.45, 2.75) is 64.5 Å². The van der Waals surface area contributed by atoms with E-state index in [0.717, 1.165) is 24.8 Å². The Bertz CT molecular complexity index is 892. The second-order valence-electron chi connectivity index (χ2n) is 6.79. The van der Waals surface area contributed by atoms with Gasteiger partial charge in [0.2, 0.25) is 10.0 Å². The maximum Gasteiger partial charge on any atom is 0.316 e. The van der Waals surface area contributed by atoms with Gasteiger partial charge in [-0.15, -0.1) is 0 Å². The molecule has 1 fully saturated rings. The molecule has 0 aromatic carbocycles. The highest BCUT2D eigenvalue weighted by atomic mass is 32.2. The lowest BCUT2D eigenvalue weighted by Gasteiger charge is -2.31. The topological polar surface area (TPSA) is 90.2 Å². The second-order valence-corrected chi connectivity index (χ2v) is 8.66. The van der Waals surface area contributed by atoms with Crippen molar-refractivity contribution in [1.82, 2.24) is 24.1 Å². The lowest BCUT2D eigenvalue weighted by Crippen LogP contribution is -2.44. The highest BCUT2D eigenvalue weighted by Gasteiger charge is 2.35. The molecule has 0 amide bonds. The molecule has 9 heteroatoms. The zero-order valence-corrected chi connectivity index (χ0v) is 17.2. The Morgan fingerprint density at radius 1 is 1.22 bits per heavy atom. The predicted octanol–water partition coefficient (Wildman–Crippen LogP) is 2.10. The number of hydrogen-bond donors (Lipinski definition) is 0. The van der Waals surface area contributed by atoms with Crippen LogP contribution in [0, 0.1) is 13.8 Å². The van der Waals surface area contributed by atoms with Gasteiger partial charge in [-0.05, 0) is 45.6 Å². The lowest BCUT2D eigenvalue weighted by molar-refractivity contribution is 0.119. The van der Waals surface area contributed by atoms with E-state index in [1.165, 1.54) is 4.31 Å². The quantitative estimate of drug-likeness (QED) is 0.747. The molecule has 2 aromatic rings. The zero-order valence-electron chi connectivity index (χ0n) is 16.3. The van der Waals surface area contributed by atoms with E-state index in [2.05, 4.69) is 15.1 Å². The Kier molecular flexibility index (Phi) is 5.81. The molecule has 1 unspecified atom stereocenters. The van der Waals surface area contributed by atoms with Crippen LogP contribution < -0.4 is 4.74 Å². The van der Waals surface area contributed by atoms with Gasteiger partial charge in [0.05, 0.1) is 17.9 Å². The number of aryl methyl sites for hydroxylation is 3. The second kappa shape index (κ2) is 7.93. The number of hydrogen-bond acceptors (Lipinski definition) is 6. The summed E-state index contributed by atoms with van der Waals surface area (Å²) < 4.78 is 35.5. The third kappa shape index (κ3) is 3.98. The molecule has 148 valence electrons. The average Bonchev–Trinajstić information content (AvgIpc) is 2.96. The van der Waals surface area contributed by atoms with Crippen molar-refractivity contribution in [3.63, 3.8) is 0 Å². The van der Waals surface area contributed by atoms with Crippen LogP contribution in [0.25, 0.3) is 0 Å². The molecule has 0 bridgehead atoms. The number of rotatable bonds is 6. The first-order valence-corrected chi connectivity index (χ1v) is 10.8. The molecular formula is C18H27N5O3S. The molecule has 0 saturated carbocycles. The summed E-state index contributed by atoms with van der Waals surface area (Å²) in [6.07, 6.45) is 5.59. The molecule has 1 atom stereocenters. The highest BCUT2D eigenvalue weighted by molar-refractivity contribution is 7.89. The lowest BCUT2D eigenvalue weighted by atomic mass is 10.1. The number of aromatic nitrogens is 4. The van der Waals surface area contributed by atoms with Crippen molar-refractivity contribution in [3.8, 4) is 6.01 Å². The number of ether oxygens (including phenoxy) is 1. The number of piperidine rings is 1. The van der Waals surface area contributed by atoms with Gasteiger partial charge in [-0.25, -0.2) is 18.4 Å². The molecule has 3 heterocycles.